The molecule has 2 saturated heterocycles. The minimum atomic E-state index is -0.831. The lowest BCUT2D eigenvalue weighted by Crippen LogP contribution is -2.46. The maximum atomic E-state index is 13.8. The van der Waals surface area contributed by atoms with Crippen molar-refractivity contribution < 1.29 is 19.8 Å². The summed E-state index contributed by atoms with van der Waals surface area (Å²) in [5, 5.41) is 29.7. The van der Waals surface area contributed by atoms with Gasteiger partial charge in [-0.25, -0.2) is 9.03 Å². The van der Waals surface area contributed by atoms with E-state index in [9.17, 15) is 29.4 Å². The van der Waals surface area contributed by atoms with E-state index in [2.05, 4.69) is 0 Å². The van der Waals surface area contributed by atoms with Gasteiger partial charge in [-0.1, -0.05) is 72.4 Å². The highest BCUT2D eigenvalue weighted by molar-refractivity contribution is 6.39. The molecule has 0 radical (unpaired) electrons. The number of fused-ring (bicyclic) bond motifs is 2. The highest BCUT2D eigenvalue weighted by atomic mass is 35.5. The van der Waals surface area contributed by atoms with Crippen molar-refractivity contribution in [1.82, 2.24) is 38.2 Å². The van der Waals surface area contributed by atoms with Crippen LogP contribution in [0.1, 0.15) is 49.9 Å². The molecule has 2 aromatic carbocycles. The standard InChI is InChI=1S/C42H44Cl2N8O6/c1-25-23-51-35(39(53)49(25)19-17-47-15-5-3-13-33(47)41(55)56)21-31(45-51)29-11-7-9-27(37(29)43)28-10-8-12-30(38(28)44)32-22-36-40(54)50(26(2)24-52(36)46-32)20-18-48-16-6-4-14-34(48)42(57)58/h7-12,21-24,33-34H,3-6,13-20H2,1-2H3,(H,55,56)(H,57,58). The van der Waals surface area contributed by atoms with Gasteiger partial charge in [-0.2, -0.15) is 10.2 Å². The van der Waals surface area contributed by atoms with E-state index in [1.807, 2.05) is 60.0 Å². The lowest BCUT2D eigenvalue weighted by Gasteiger charge is -2.33. The number of aryl methyl sites for hydroxylation is 2. The molecule has 2 atom stereocenters. The summed E-state index contributed by atoms with van der Waals surface area (Å²) < 4.78 is 6.44. The van der Waals surface area contributed by atoms with Crippen LogP contribution in [0, 0.1) is 13.8 Å². The highest BCUT2D eigenvalue weighted by Gasteiger charge is 2.30. The molecule has 58 heavy (non-hydrogen) atoms. The first-order chi connectivity index (χ1) is 27.9. The van der Waals surface area contributed by atoms with E-state index >= 15 is 0 Å². The topological polar surface area (TPSA) is 160 Å². The Morgan fingerprint density at radius 2 is 1.03 bits per heavy atom. The zero-order valence-corrected chi connectivity index (χ0v) is 33.8. The summed E-state index contributed by atoms with van der Waals surface area (Å²) in [5.74, 6) is -1.66. The first-order valence-corrected chi connectivity index (χ1v) is 20.4. The predicted octanol–water partition coefficient (Wildman–Crippen LogP) is 6.11. The van der Waals surface area contributed by atoms with E-state index in [0.717, 1.165) is 25.7 Å². The molecule has 2 fully saturated rings. The minimum Gasteiger partial charge on any atom is -0.480 e. The van der Waals surface area contributed by atoms with Crippen LogP contribution < -0.4 is 11.1 Å². The second-order valence-corrected chi connectivity index (χ2v) is 16.0. The number of carboxylic acid groups (broad SMARTS) is 2. The number of carbonyl (C=O) groups is 2. The second-order valence-electron chi connectivity index (χ2n) is 15.3. The van der Waals surface area contributed by atoms with E-state index in [4.69, 9.17) is 33.4 Å². The Kier molecular flexibility index (Phi) is 11.0. The molecular formula is C42H44Cl2N8O6. The van der Waals surface area contributed by atoms with Gasteiger partial charge in [0.25, 0.3) is 11.1 Å². The van der Waals surface area contributed by atoms with Gasteiger partial charge in [-0.15, -0.1) is 0 Å². The number of aromatic nitrogens is 6. The van der Waals surface area contributed by atoms with Crippen LogP contribution in [0.25, 0.3) is 44.7 Å². The van der Waals surface area contributed by atoms with Gasteiger partial charge in [-0.05, 0) is 64.8 Å². The molecule has 2 aliphatic heterocycles. The first-order valence-electron chi connectivity index (χ1n) is 19.6. The number of hydrogen-bond donors (Lipinski definition) is 2. The number of halogens is 2. The number of aliphatic carboxylic acids is 2. The average molecular weight is 828 g/mol. The molecule has 0 amide bonds. The molecule has 2 N–H and O–H groups in total. The predicted molar refractivity (Wildman–Crippen MR) is 222 cm³/mol. The Morgan fingerprint density at radius 1 is 0.638 bits per heavy atom. The summed E-state index contributed by atoms with van der Waals surface area (Å²) in [7, 11) is 0. The fourth-order valence-corrected chi connectivity index (χ4v) is 9.27. The molecule has 2 aliphatic rings. The molecule has 302 valence electrons. The molecule has 8 rings (SSSR count). The van der Waals surface area contributed by atoms with E-state index in [0.29, 0.717) is 118 Å². The van der Waals surface area contributed by atoms with Gasteiger partial charge >= 0.3 is 11.9 Å². The highest BCUT2D eigenvalue weighted by Crippen LogP contribution is 2.42. The number of rotatable bonds is 11. The minimum absolute atomic E-state index is 0.228. The number of hydrogen-bond acceptors (Lipinski definition) is 8. The van der Waals surface area contributed by atoms with E-state index in [1.165, 1.54) is 0 Å². The van der Waals surface area contributed by atoms with Crippen molar-refractivity contribution in [1.29, 1.82) is 0 Å². The van der Waals surface area contributed by atoms with Gasteiger partial charge in [0.1, 0.15) is 23.1 Å². The maximum absolute atomic E-state index is 13.8. The van der Waals surface area contributed by atoms with Crippen molar-refractivity contribution in [2.24, 2.45) is 0 Å². The third kappa shape index (κ3) is 7.34. The Bertz CT molecular complexity index is 2520. The molecule has 6 heterocycles. The number of nitrogens with zero attached hydrogens (tertiary/aromatic N) is 8. The summed E-state index contributed by atoms with van der Waals surface area (Å²) in [5.41, 5.74) is 5.18. The molecular weight excluding hydrogens is 783 g/mol. The van der Waals surface area contributed by atoms with Gasteiger partial charge in [0.2, 0.25) is 0 Å². The number of benzene rings is 2. The summed E-state index contributed by atoms with van der Waals surface area (Å²) in [6.07, 6.45) is 8.40. The molecule has 14 nitrogen and oxygen atoms in total. The van der Waals surface area contributed by atoms with E-state index < -0.39 is 24.0 Å². The van der Waals surface area contributed by atoms with Crippen LogP contribution in [-0.4, -0.2) is 98.6 Å². The number of carboxylic acids is 2. The van der Waals surface area contributed by atoms with Gasteiger partial charge in [-0.3, -0.25) is 29.0 Å². The summed E-state index contributed by atoms with van der Waals surface area (Å²) in [6, 6.07) is 13.4. The van der Waals surface area contributed by atoms with Crippen LogP contribution in [-0.2, 0) is 22.7 Å². The van der Waals surface area contributed by atoms with Crippen molar-refractivity contribution in [3.05, 3.63) is 103 Å². The van der Waals surface area contributed by atoms with Crippen LogP contribution in [0.15, 0.2) is 70.5 Å². The SMILES string of the molecule is Cc1cn2nc(-c3cccc(-c4cccc(-c5cc6c(=O)n(CCN7CCCCC7C(=O)O)c(C)cn6n5)c4Cl)c3Cl)cc2c(=O)n1CCN1CCCCC1C(=O)O. The molecule has 0 saturated carbocycles. The lowest BCUT2D eigenvalue weighted by atomic mass is 9.98. The van der Waals surface area contributed by atoms with Crippen LogP contribution in [0.3, 0.4) is 0 Å². The number of piperidine rings is 2. The zero-order chi connectivity index (χ0) is 40.8. The molecule has 0 bridgehead atoms. The molecule has 2 unspecified atom stereocenters. The van der Waals surface area contributed by atoms with Crippen LogP contribution >= 0.6 is 23.2 Å². The second kappa shape index (κ2) is 16.2. The van der Waals surface area contributed by atoms with E-state index in [1.54, 1.807) is 42.7 Å². The van der Waals surface area contributed by atoms with Gasteiger partial charge < -0.3 is 19.3 Å². The smallest absolute Gasteiger partial charge is 0.320 e. The van der Waals surface area contributed by atoms with Crippen molar-refractivity contribution in [3.63, 3.8) is 0 Å². The Hall–Kier alpha value is -5.28. The normalized spacial score (nSPS) is 18.0. The van der Waals surface area contributed by atoms with Crippen LogP contribution in [0.4, 0.5) is 0 Å². The van der Waals surface area contributed by atoms with Crippen molar-refractivity contribution in [2.45, 2.75) is 77.5 Å². The molecule has 0 spiro atoms. The third-order valence-corrected chi connectivity index (χ3v) is 12.5. The van der Waals surface area contributed by atoms with Crippen LogP contribution in [0.2, 0.25) is 10.0 Å². The van der Waals surface area contributed by atoms with Gasteiger partial charge in [0.15, 0.2) is 0 Å². The van der Waals surface area contributed by atoms with Gasteiger partial charge in [0, 0.05) is 72.2 Å². The average Bonchev–Trinajstić information content (AvgIpc) is 3.83. The third-order valence-electron chi connectivity index (χ3n) is 11.7. The summed E-state index contributed by atoms with van der Waals surface area (Å²) >= 11 is 14.3. The van der Waals surface area contributed by atoms with Crippen molar-refractivity contribution in [3.8, 4) is 33.6 Å². The molecule has 0 aliphatic carbocycles. The molecule has 6 aromatic rings. The fraction of sp³-hybridized carbons (Fsp3) is 0.381. The van der Waals surface area contributed by atoms with Crippen molar-refractivity contribution >= 4 is 46.2 Å². The quantitative estimate of drug-likeness (QED) is 0.156. The van der Waals surface area contributed by atoms with Crippen LogP contribution in [0.5, 0.6) is 0 Å². The Morgan fingerprint density at radius 3 is 1.43 bits per heavy atom. The van der Waals surface area contributed by atoms with E-state index in [-0.39, 0.29) is 11.1 Å². The molecule has 16 heteroatoms. The molecule has 4 aromatic heterocycles. The zero-order valence-electron chi connectivity index (χ0n) is 32.3. The van der Waals surface area contributed by atoms with Crippen molar-refractivity contribution in [2.75, 3.05) is 26.2 Å². The maximum Gasteiger partial charge on any atom is 0.320 e. The number of likely N-dealkylation sites (tertiary alicyclic amines) is 2. The largest absolute Gasteiger partial charge is 0.480 e. The Balaban J connectivity index is 1.07. The summed E-state index contributed by atoms with van der Waals surface area (Å²) in [6.45, 7) is 6.65. The monoisotopic (exact) mass is 826 g/mol. The fourth-order valence-electron chi connectivity index (χ4n) is 8.62. The lowest BCUT2D eigenvalue weighted by molar-refractivity contribution is -0.145. The van der Waals surface area contributed by atoms with Gasteiger partial charge in [0.05, 0.1) is 21.4 Å². The Labute approximate surface area is 343 Å². The summed E-state index contributed by atoms with van der Waals surface area (Å²) in [4.78, 5) is 55.2. The first kappa shape index (κ1) is 39.5.